The van der Waals surface area contributed by atoms with Crippen LogP contribution in [-0.4, -0.2) is 5.91 Å². The molecule has 0 atom stereocenters. The van der Waals surface area contributed by atoms with Gasteiger partial charge in [-0.25, -0.2) is 4.39 Å². The topological polar surface area (TPSA) is 29.1 Å². The molecule has 0 fully saturated rings. The first-order valence-electron chi connectivity index (χ1n) is 6.36. The predicted octanol–water partition coefficient (Wildman–Crippen LogP) is 4.09. The Bertz CT molecular complexity index is 662. The lowest BCUT2D eigenvalue weighted by molar-refractivity contribution is -0.111. The number of carbonyl (C=O) groups is 1. The standard InChI is InChI=1S/C17H16FNO/c1-12-4-3-5-14(10-12)7-9-17(20)19-16-11-13(2)6-8-15(16)18/h3-11H,1-2H3,(H,19,20)/b9-7+. The van der Waals surface area contributed by atoms with Crippen LogP contribution in [0.4, 0.5) is 10.1 Å². The van der Waals surface area contributed by atoms with Crippen molar-refractivity contribution in [3.63, 3.8) is 0 Å². The van der Waals surface area contributed by atoms with Crippen molar-refractivity contribution in [3.8, 4) is 0 Å². The normalized spacial score (nSPS) is 10.8. The van der Waals surface area contributed by atoms with Crippen molar-refractivity contribution in [2.24, 2.45) is 0 Å². The van der Waals surface area contributed by atoms with Gasteiger partial charge in [-0.2, -0.15) is 0 Å². The Morgan fingerprint density at radius 3 is 2.60 bits per heavy atom. The van der Waals surface area contributed by atoms with Crippen molar-refractivity contribution in [1.29, 1.82) is 0 Å². The highest BCUT2D eigenvalue weighted by Crippen LogP contribution is 2.15. The van der Waals surface area contributed by atoms with Crippen LogP contribution in [-0.2, 0) is 4.79 Å². The Kier molecular flexibility index (Phi) is 4.31. The van der Waals surface area contributed by atoms with E-state index in [1.807, 2.05) is 38.1 Å². The quantitative estimate of drug-likeness (QED) is 0.835. The van der Waals surface area contributed by atoms with Crippen LogP contribution >= 0.6 is 0 Å². The first kappa shape index (κ1) is 14.0. The van der Waals surface area contributed by atoms with Crippen LogP contribution < -0.4 is 5.32 Å². The number of amides is 1. The minimum absolute atomic E-state index is 0.198. The number of halogens is 1. The molecule has 0 aliphatic rings. The van der Waals surface area contributed by atoms with Crippen LogP contribution in [0, 0.1) is 19.7 Å². The summed E-state index contributed by atoms with van der Waals surface area (Å²) in [5, 5.41) is 2.54. The molecule has 0 saturated carbocycles. The third-order valence-electron chi connectivity index (χ3n) is 2.85. The molecule has 0 aliphatic carbocycles. The third kappa shape index (κ3) is 3.79. The van der Waals surface area contributed by atoms with Gasteiger partial charge in [0.25, 0.3) is 0 Å². The molecule has 0 radical (unpaired) electrons. The number of hydrogen-bond donors (Lipinski definition) is 1. The van der Waals surface area contributed by atoms with Crippen molar-refractivity contribution >= 4 is 17.7 Å². The Labute approximate surface area is 118 Å². The average molecular weight is 269 g/mol. The SMILES string of the molecule is Cc1cccc(/C=C/C(=O)Nc2cc(C)ccc2F)c1. The number of anilines is 1. The van der Waals surface area contributed by atoms with Crippen LogP contribution in [0.5, 0.6) is 0 Å². The molecule has 1 amide bonds. The number of nitrogens with one attached hydrogen (secondary N) is 1. The van der Waals surface area contributed by atoms with E-state index < -0.39 is 5.82 Å². The van der Waals surface area contributed by atoms with Crippen LogP contribution in [0.15, 0.2) is 48.5 Å². The second-order valence-corrected chi connectivity index (χ2v) is 4.72. The number of hydrogen-bond acceptors (Lipinski definition) is 1. The van der Waals surface area contributed by atoms with Crippen molar-refractivity contribution in [3.05, 3.63) is 71.0 Å². The zero-order valence-electron chi connectivity index (χ0n) is 11.5. The number of benzene rings is 2. The highest BCUT2D eigenvalue weighted by Gasteiger charge is 2.04. The van der Waals surface area contributed by atoms with E-state index in [9.17, 15) is 9.18 Å². The fraction of sp³-hybridized carbons (Fsp3) is 0.118. The summed E-state index contributed by atoms with van der Waals surface area (Å²) in [6.45, 7) is 3.83. The summed E-state index contributed by atoms with van der Waals surface area (Å²) in [7, 11) is 0. The van der Waals surface area contributed by atoms with E-state index in [2.05, 4.69) is 5.32 Å². The van der Waals surface area contributed by atoms with Crippen LogP contribution in [0.3, 0.4) is 0 Å². The van der Waals surface area contributed by atoms with Gasteiger partial charge < -0.3 is 5.32 Å². The minimum atomic E-state index is -0.437. The molecule has 1 N–H and O–H groups in total. The van der Waals surface area contributed by atoms with Crippen LogP contribution in [0.2, 0.25) is 0 Å². The average Bonchev–Trinajstić information content (AvgIpc) is 2.41. The molecular weight excluding hydrogens is 253 g/mol. The van der Waals surface area contributed by atoms with Gasteiger partial charge in [0.15, 0.2) is 0 Å². The van der Waals surface area contributed by atoms with E-state index in [0.29, 0.717) is 0 Å². The summed E-state index contributed by atoms with van der Waals surface area (Å²) < 4.78 is 13.5. The first-order chi connectivity index (χ1) is 9.54. The van der Waals surface area contributed by atoms with E-state index in [1.54, 1.807) is 18.2 Å². The Balaban J connectivity index is 2.07. The van der Waals surface area contributed by atoms with Crippen molar-refractivity contribution < 1.29 is 9.18 Å². The molecular formula is C17H16FNO. The molecule has 0 bridgehead atoms. The maximum atomic E-state index is 13.5. The van der Waals surface area contributed by atoms with Crippen molar-refractivity contribution in [2.75, 3.05) is 5.32 Å². The van der Waals surface area contributed by atoms with Crippen molar-refractivity contribution in [2.45, 2.75) is 13.8 Å². The number of aryl methyl sites for hydroxylation is 2. The predicted molar refractivity (Wildman–Crippen MR) is 80.0 cm³/mol. The Morgan fingerprint density at radius 1 is 1.10 bits per heavy atom. The van der Waals surface area contributed by atoms with Gasteiger partial charge in [0.05, 0.1) is 5.69 Å². The molecule has 20 heavy (non-hydrogen) atoms. The number of rotatable bonds is 3. The lowest BCUT2D eigenvalue weighted by Gasteiger charge is -2.04. The van der Waals surface area contributed by atoms with Gasteiger partial charge in [-0.1, -0.05) is 35.9 Å². The molecule has 0 heterocycles. The third-order valence-corrected chi connectivity index (χ3v) is 2.85. The van der Waals surface area contributed by atoms with Gasteiger partial charge in [-0.05, 0) is 43.2 Å². The maximum absolute atomic E-state index is 13.5. The van der Waals surface area contributed by atoms with Crippen LogP contribution in [0.1, 0.15) is 16.7 Å². The fourth-order valence-electron chi connectivity index (χ4n) is 1.86. The summed E-state index contributed by atoms with van der Waals surface area (Å²) in [5.41, 5.74) is 3.15. The summed E-state index contributed by atoms with van der Waals surface area (Å²) in [6.07, 6.45) is 3.10. The largest absolute Gasteiger partial charge is 0.320 e. The van der Waals surface area contributed by atoms with E-state index in [0.717, 1.165) is 16.7 Å². The van der Waals surface area contributed by atoms with Gasteiger partial charge >= 0.3 is 0 Å². The van der Waals surface area contributed by atoms with Crippen molar-refractivity contribution in [1.82, 2.24) is 0 Å². The molecule has 102 valence electrons. The highest BCUT2D eigenvalue weighted by molar-refractivity contribution is 6.02. The monoisotopic (exact) mass is 269 g/mol. The fourth-order valence-corrected chi connectivity index (χ4v) is 1.86. The second kappa shape index (κ2) is 6.15. The molecule has 2 aromatic carbocycles. The molecule has 0 aliphatic heterocycles. The summed E-state index contributed by atoms with van der Waals surface area (Å²) in [4.78, 5) is 11.8. The molecule has 2 aromatic rings. The van der Waals surface area contributed by atoms with E-state index in [4.69, 9.17) is 0 Å². The molecule has 3 heteroatoms. The first-order valence-corrected chi connectivity index (χ1v) is 6.36. The number of carbonyl (C=O) groups excluding carboxylic acids is 1. The lowest BCUT2D eigenvalue weighted by Crippen LogP contribution is -2.09. The summed E-state index contributed by atoms with van der Waals surface area (Å²) in [6, 6.07) is 12.4. The molecule has 0 aromatic heterocycles. The summed E-state index contributed by atoms with van der Waals surface area (Å²) >= 11 is 0. The minimum Gasteiger partial charge on any atom is -0.320 e. The van der Waals surface area contributed by atoms with Gasteiger partial charge in [0, 0.05) is 6.08 Å². The lowest BCUT2D eigenvalue weighted by atomic mass is 10.1. The zero-order valence-corrected chi connectivity index (χ0v) is 11.5. The van der Waals surface area contributed by atoms with Gasteiger partial charge in [0.1, 0.15) is 5.82 Å². The molecule has 0 unspecified atom stereocenters. The zero-order chi connectivity index (χ0) is 14.5. The molecule has 0 spiro atoms. The molecule has 0 saturated heterocycles. The van der Waals surface area contributed by atoms with Gasteiger partial charge in [-0.15, -0.1) is 0 Å². The Morgan fingerprint density at radius 2 is 1.85 bits per heavy atom. The molecule has 2 nitrogen and oxygen atoms in total. The second-order valence-electron chi connectivity index (χ2n) is 4.72. The van der Waals surface area contributed by atoms with E-state index in [-0.39, 0.29) is 11.6 Å². The smallest absolute Gasteiger partial charge is 0.248 e. The van der Waals surface area contributed by atoms with E-state index >= 15 is 0 Å². The highest BCUT2D eigenvalue weighted by atomic mass is 19.1. The van der Waals surface area contributed by atoms with E-state index in [1.165, 1.54) is 12.1 Å². The van der Waals surface area contributed by atoms with Crippen LogP contribution in [0.25, 0.3) is 6.08 Å². The summed E-state index contributed by atoms with van der Waals surface area (Å²) in [5.74, 6) is -0.788. The Hall–Kier alpha value is -2.42. The molecule has 2 rings (SSSR count). The maximum Gasteiger partial charge on any atom is 0.248 e. The van der Waals surface area contributed by atoms with Gasteiger partial charge in [-0.3, -0.25) is 4.79 Å². The van der Waals surface area contributed by atoms with Gasteiger partial charge in [0.2, 0.25) is 5.91 Å².